The average molecular weight is 1110 g/mol. The first-order valence-electron chi connectivity index (χ1n) is 22.2. The predicted molar refractivity (Wildman–Crippen MR) is 230 cm³/mol. The van der Waals surface area contributed by atoms with Gasteiger partial charge < -0.3 is 78.2 Å². The third-order valence-corrected chi connectivity index (χ3v) is 8.82. The van der Waals surface area contributed by atoms with Crippen molar-refractivity contribution in [1.29, 1.82) is 0 Å². The second kappa shape index (κ2) is 37.6. The Balaban J connectivity index is -0.000000990. The molecule has 0 aliphatic carbocycles. The Bertz CT molecular complexity index is 1850. The first kappa shape index (κ1) is 74.5. The normalized spacial score (nSPS) is 13.8. The lowest BCUT2D eigenvalue weighted by molar-refractivity contribution is -0.459. The van der Waals surface area contributed by atoms with Crippen LogP contribution in [0.3, 0.4) is 0 Å². The second-order valence-electron chi connectivity index (χ2n) is 16.2. The highest BCUT2D eigenvalue weighted by atomic mass is 19.4. The first-order valence-corrected chi connectivity index (χ1v) is 22.2. The molecule has 0 heterocycles. The molecule has 0 saturated carbocycles. The first-order chi connectivity index (χ1) is 34.1. The molecule has 0 saturated heterocycles. The van der Waals surface area contributed by atoms with Gasteiger partial charge in [-0.05, 0) is 66.7 Å². The van der Waals surface area contributed by atoms with E-state index < -0.39 is 114 Å². The quantitative estimate of drug-likeness (QED) is 0.0150. The lowest BCUT2D eigenvalue weighted by Gasteiger charge is -2.22. The highest BCUT2D eigenvalue weighted by molar-refractivity contribution is 5.92. The number of unbranched alkanes of at least 4 members (excludes halogenated alkanes) is 1. The highest BCUT2D eigenvalue weighted by Crippen LogP contribution is 2.16. The van der Waals surface area contributed by atoms with Crippen LogP contribution in [0.5, 0.6) is 0 Å². The number of carboxylic acid groups (broad SMARTS) is 4. The molecule has 0 aliphatic heterocycles. The molecule has 0 aromatic carbocycles. The number of halogens is 9. The van der Waals surface area contributed by atoms with Gasteiger partial charge in [-0.3, -0.25) is 54.8 Å². The molecule has 434 valence electrons. The zero-order valence-electron chi connectivity index (χ0n) is 41.4. The zero-order chi connectivity index (χ0) is 59.6. The fraction of sp³-hybridized carbons (Fsp3) is 0.700. The minimum Gasteiger partial charge on any atom is -0.542 e. The minimum absolute atomic E-state index is 0.0100. The number of ketones is 1. The molecule has 0 rings (SSSR count). The van der Waals surface area contributed by atoms with Crippen molar-refractivity contribution in [3.8, 4) is 0 Å². The van der Waals surface area contributed by atoms with Gasteiger partial charge >= 0.3 is 30.5 Å². The van der Waals surface area contributed by atoms with Crippen LogP contribution in [0.2, 0.25) is 0 Å². The topological polar surface area (TPSA) is 471 Å². The third kappa shape index (κ3) is 43.1. The number of quaternary nitrogens is 2. The van der Waals surface area contributed by atoms with Crippen LogP contribution in [-0.2, 0) is 52.7 Å². The maximum absolute atomic E-state index is 12.8. The molecule has 26 nitrogen and oxygen atoms in total. The van der Waals surface area contributed by atoms with Crippen molar-refractivity contribution in [1.82, 2.24) is 31.9 Å². The largest absolute Gasteiger partial charge is 0.542 e. The van der Waals surface area contributed by atoms with Crippen molar-refractivity contribution in [3.05, 3.63) is 0 Å². The Morgan fingerprint density at radius 1 is 0.520 bits per heavy atom. The molecule has 0 fully saturated rings. The van der Waals surface area contributed by atoms with Crippen LogP contribution < -0.4 is 75.1 Å². The molecule has 0 bridgehead atoms. The van der Waals surface area contributed by atoms with E-state index in [1.807, 2.05) is 0 Å². The molecule has 0 aromatic rings. The Morgan fingerprint density at radius 2 is 0.893 bits per heavy atom. The van der Waals surface area contributed by atoms with Crippen LogP contribution in [0, 0.1) is 5.92 Å². The number of carbonyl (C=O) groups is 11. The number of nitrogens with two attached hydrogens (primary N) is 2. The summed E-state index contributed by atoms with van der Waals surface area (Å²) in [6.07, 6.45) is -13.4. The number of nitrogens with one attached hydrogen (secondary N) is 7. The molecular weight excluding hydrogens is 1050 g/mol. The van der Waals surface area contributed by atoms with Gasteiger partial charge in [-0.25, -0.2) is 0 Å². The number of guanidine groups is 1. The van der Waals surface area contributed by atoms with Gasteiger partial charge in [0.15, 0.2) is 6.54 Å². The number of rotatable bonds is 28. The van der Waals surface area contributed by atoms with Crippen LogP contribution in [0.25, 0.3) is 0 Å². The monoisotopic (exact) mass is 1110 g/mol. The number of hydrogen-bond acceptors (Lipinski definition) is 14. The summed E-state index contributed by atoms with van der Waals surface area (Å²) >= 11 is 0. The van der Waals surface area contributed by atoms with Gasteiger partial charge in [-0.2, -0.15) is 39.5 Å². The van der Waals surface area contributed by atoms with Gasteiger partial charge in [0.05, 0.1) is 19.0 Å². The lowest BCUT2D eigenvalue weighted by atomic mass is 9.94. The van der Waals surface area contributed by atoms with E-state index in [0.717, 1.165) is 6.42 Å². The molecule has 6 amide bonds. The van der Waals surface area contributed by atoms with E-state index >= 15 is 0 Å². The summed E-state index contributed by atoms with van der Waals surface area (Å²) in [7, 11) is 0. The van der Waals surface area contributed by atoms with Crippen molar-refractivity contribution < 1.29 is 129 Å². The van der Waals surface area contributed by atoms with Crippen LogP contribution in [0.1, 0.15) is 98.8 Å². The Labute approximate surface area is 422 Å². The molecule has 7 atom stereocenters. The minimum atomic E-state index is -5.19. The maximum atomic E-state index is 12.8. The fourth-order valence-corrected chi connectivity index (χ4v) is 5.44. The van der Waals surface area contributed by atoms with Crippen molar-refractivity contribution in [3.63, 3.8) is 0 Å². The van der Waals surface area contributed by atoms with Gasteiger partial charge in [0.25, 0.3) is 5.91 Å². The molecule has 0 aliphatic rings. The Morgan fingerprint density at radius 3 is 1.23 bits per heavy atom. The number of hydrogen-bond donors (Lipinski definition) is 12. The van der Waals surface area contributed by atoms with Gasteiger partial charge in [-0.1, -0.05) is 0 Å². The number of carbonyl (C=O) groups excluding carboxylic acids is 10. The van der Waals surface area contributed by atoms with Gasteiger partial charge in [0, 0.05) is 56.3 Å². The summed E-state index contributed by atoms with van der Waals surface area (Å²) in [4.78, 5) is 128. The third-order valence-electron chi connectivity index (χ3n) is 8.82. The molecule has 18 N–H and O–H groups in total. The lowest BCUT2D eigenvalue weighted by Crippen LogP contribution is -2.78. The molecule has 0 spiro atoms. The zero-order valence-corrected chi connectivity index (χ0v) is 41.4. The summed E-state index contributed by atoms with van der Waals surface area (Å²) in [5.41, 5.74) is 18.0. The summed E-state index contributed by atoms with van der Waals surface area (Å²) in [6.45, 7) is 8.99. The van der Waals surface area contributed by atoms with Crippen LogP contribution >= 0.6 is 0 Å². The van der Waals surface area contributed by atoms with Crippen molar-refractivity contribution in [2.75, 3.05) is 19.6 Å². The van der Waals surface area contributed by atoms with E-state index in [2.05, 4.69) is 48.4 Å². The number of amides is 6. The van der Waals surface area contributed by atoms with E-state index in [4.69, 9.17) is 41.2 Å². The predicted octanol–water partition coefficient (Wildman–Crippen LogP) is -8.10. The Kier molecular flexibility index (Phi) is 37.4. The van der Waals surface area contributed by atoms with Crippen molar-refractivity contribution in [2.45, 2.75) is 154 Å². The standard InChI is InChI=1S/C34H63N11O9.3C2HF3O2/c1-19(13-25(46)17-24(33(53)54)9-6-7-11-35)40-27(47)14-20(2)41-28(48)15-21(3)42-29(49)16-22(4)43-31(51)23(5)44-32(52)26(45-30(50)18-36)10-8-12-39-34(37)38;3*3-2(4,5)1(6)7/h19-24,26H,6-18,35-36H2,1-5H3,(H,40,47)(H,41,48)(H,42,49)(H,43,51)(H,44,52)(H,45,50)(H,53,54)(H4,37,38,39);3*(H,6,7)/t19-,20+,21-,22+,23+,24-,26+;;;/m1.../s1. The number of aliphatic carboxylic acids is 4. The Hall–Kier alpha value is -7.07. The van der Waals surface area contributed by atoms with E-state index in [9.17, 15) is 83.0 Å². The van der Waals surface area contributed by atoms with E-state index in [0.29, 0.717) is 32.4 Å². The highest BCUT2D eigenvalue weighted by Gasteiger charge is 2.31. The van der Waals surface area contributed by atoms with Crippen LogP contribution in [-0.4, -0.2) is 151 Å². The van der Waals surface area contributed by atoms with Gasteiger partial charge in [-0.15, -0.1) is 0 Å². The maximum Gasteiger partial charge on any atom is 0.430 e. The molecular formula is C40H66F9N11O15. The number of carboxylic acids is 4. The molecule has 35 heteroatoms. The molecule has 0 aromatic heterocycles. The summed E-state index contributed by atoms with van der Waals surface area (Å²) < 4.78 is 94.6. The molecule has 0 unspecified atom stereocenters. The fourth-order valence-electron chi connectivity index (χ4n) is 5.44. The molecule has 75 heavy (non-hydrogen) atoms. The van der Waals surface area contributed by atoms with E-state index in [-0.39, 0.29) is 62.7 Å². The SMILES string of the molecule is C[C@H](CC(=O)C[C@@H](CCCC[NH3+])C(=O)O)NC(=O)C[C@H](C)NC(=O)C[C@@H](C)NC(=O)C[C@H](C)NC(=O)[C@H](C)NC(=O)[C@H](CCC[NH+]=C(N)N)NC(=O)C[NH3+].O=C([O-])C(F)(F)F.O=C([O-])C(F)(F)F.O=C([O-])C(F)(F)F. The average Bonchev–Trinajstić information content (AvgIpc) is 3.23. The molecule has 0 radical (unpaired) electrons. The van der Waals surface area contributed by atoms with E-state index in [1.54, 1.807) is 27.7 Å². The van der Waals surface area contributed by atoms with Gasteiger partial charge in [0.1, 0.15) is 35.8 Å². The van der Waals surface area contributed by atoms with Crippen molar-refractivity contribution >= 4 is 71.1 Å². The number of alkyl halides is 9. The van der Waals surface area contributed by atoms with Crippen molar-refractivity contribution in [2.24, 2.45) is 17.4 Å². The van der Waals surface area contributed by atoms with E-state index in [1.165, 1.54) is 6.92 Å². The summed E-state index contributed by atoms with van der Waals surface area (Å²) in [5, 5.41) is 51.7. The number of Topliss-reactive ketones (excluding diaryl/α,β-unsaturated/α-hetero) is 1. The van der Waals surface area contributed by atoms with Crippen LogP contribution in [0.4, 0.5) is 39.5 Å². The smallest absolute Gasteiger partial charge is 0.430 e. The second-order valence-corrected chi connectivity index (χ2v) is 16.2. The summed E-state index contributed by atoms with van der Waals surface area (Å²) in [6, 6.07) is -4.17. The van der Waals surface area contributed by atoms with Crippen LogP contribution in [0.15, 0.2) is 0 Å². The van der Waals surface area contributed by atoms with Gasteiger partial charge in [0.2, 0.25) is 29.5 Å². The summed E-state index contributed by atoms with van der Waals surface area (Å²) in [5.74, 6) is -13.8.